The minimum Gasteiger partial charge on any atom is -0.480 e. The first kappa shape index (κ1) is 19.0. The van der Waals surface area contributed by atoms with E-state index in [-0.39, 0.29) is 31.3 Å². The van der Waals surface area contributed by atoms with Crippen molar-refractivity contribution in [3.63, 3.8) is 0 Å². The van der Waals surface area contributed by atoms with Crippen LogP contribution in [0, 0.1) is 11.8 Å². The number of amides is 1. The van der Waals surface area contributed by atoms with E-state index < -0.39 is 23.2 Å². The summed E-state index contributed by atoms with van der Waals surface area (Å²) in [6.45, 7) is 3.88. The fraction of sp³-hybridized carbons (Fsp3) is 0.857. The fourth-order valence-corrected chi connectivity index (χ4v) is 3.12. The van der Waals surface area contributed by atoms with Crippen molar-refractivity contribution < 1.29 is 28.2 Å². The van der Waals surface area contributed by atoms with Crippen molar-refractivity contribution in [1.82, 2.24) is 4.72 Å². The molecule has 0 bridgehead atoms. The van der Waals surface area contributed by atoms with E-state index >= 15 is 0 Å². The van der Waals surface area contributed by atoms with Crippen LogP contribution >= 0.6 is 11.9 Å². The minimum atomic E-state index is -2.60. The van der Waals surface area contributed by atoms with Crippen molar-refractivity contribution in [1.29, 1.82) is 0 Å². The lowest BCUT2D eigenvalue weighted by atomic mass is 9.87. The molecule has 8 heteroatoms. The van der Waals surface area contributed by atoms with Crippen molar-refractivity contribution in [2.75, 3.05) is 6.61 Å². The highest BCUT2D eigenvalue weighted by atomic mass is 32.2. The fourth-order valence-electron chi connectivity index (χ4n) is 2.24. The van der Waals surface area contributed by atoms with E-state index in [1.165, 1.54) is 0 Å². The Balaban J connectivity index is 2.24. The van der Waals surface area contributed by atoms with E-state index in [1.54, 1.807) is 0 Å². The molecule has 0 aliphatic heterocycles. The molecule has 1 saturated carbocycles. The second-order valence-corrected chi connectivity index (χ2v) is 7.08. The normalized spacial score (nSPS) is 19.7. The SMILES string of the molecule is CC(C)C[C@H](SNC(=O)OCC1CCC(F)(F)CC1)C(=O)O. The quantitative estimate of drug-likeness (QED) is 0.692. The van der Waals surface area contributed by atoms with Gasteiger partial charge < -0.3 is 9.84 Å². The number of ether oxygens (including phenoxy) is 1. The van der Waals surface area contributed by atoms with Gasteiger partial charge in [0.25, 0.3) is 0 Å². The zero-order valence-electron chi connectivity index (χ0n) is 12.8. The summed E-state index contributed by atoms with van der Waals surface area (Å²) in [5.41, 5.74) is 0. The number of carboxylic acids is 1. The molecule has 1 rings (SSSR count). The average molecular weight is 339 g/mol. The molecule has 1 fully saturated rings. The van der Waals surface area contributed by atoms with Crippen molar-refractivity contribution in [2.24, 2.45) is 11.8 Å². The zero-order chi connectivity index (χ0) is 16.8. The molecule has 22 heavy (non-hydrogen) atoms. The van der Waals surface area contributed by atoms with E-state index in [0.29, 0.717) is 19.3 Å². The maximum atomic E-state index is 13.0. The second kappa shape index (κ2) is 8.55. The number of alkyl halides is 2. The molecule has 2 N–H and O–H groups in total. The molecule has 0 aromatic rings. The molecule has 0 saturated heterocycles. The van der Waals surface area contributed by atoms with Crippen molar-refractivity contribution in [3.8, 4) is 0 Å². The molecule has 5 nitrogen and oxygen atoms in total. The van der Waals surface area contributed by atoms with E-state index in [1.807, 2.05) is 13.8 Å². The number of nitrogens with one attached hydrogen (secondary N) is 1. The lowest BCUT2D eigenvalue weighted by molar-refractivity contribution is -0.136. The molecule has 1 aliphatic rings. The van der Waals surface area contributed by atoms with E-state index in [4.69, 9.17) is 9.84 Å². The third-order valence-corrected chi connectivity index (χ3v) is 4.50. The Labute approximate surface area is 133 Å². The highest BCUT2D eigenvalue weighted by molar-refractivity contribution is 7.99. The first-order valence-electron chi connectivity index (χ1n) is 7.38. The van der Waals surface area contributed by atoms with Crippen molar-refractivity contribution in [3.05, 3.63) is 0 Å². The Morgan fingerprint density at radius 2 is 1.95 bits per heavy atom. The van der Waals surface area contributed by atoms with Gasteiger partial charge >= 0.3 is 12.1 Å². The lowest BCUT2D eigenvalue weighted by Gasteiger charge is -2.27. The van der Waals surface area contributed by atoms with Crippen LogP contribution in [0.3, 0.4) is 0 Å². The van der Waals surface area contributed by atoms with Crippen molar-refractivity contribution in [2.45, 2.75) is 57.1 Å². The van der Waals surface area contributed by atoms with Crippen LogP contribution in [0.5, 0.6) is 0 Å². The Bertz CT molecular complexity index is 383. The number of carboxylic acid groups (broad SMARTS) is 1. The predicted molar refractivity (Wildman–Crippen MR) is 79.9 cm³/mol. The average Bonchev–Trinajstić information content (AvgIpc) is 2.41. The number of carbonyl (C=O) groups is 2. The predicted octanol–water partition coefficient (Wildman–Crippen LogP) is 3.69. The van der Waals surface area contributed by atoms with Crippen molar-refractivity contribution >= 4 is 24.0 Å². The highest BCUT2D eigenvalue weighted by Gasteiger charge is 2.35. The molecule has 0 unspecified atom stereocenters. The maximum absolute atomic E-state index is 13.0. The molecule has 0 spiro atoms. The van der Waals surface area contributed by atoms with E-state index in [9.17, 15) is 18.4 Å². The summed E-state index contributed by atoms with van der Waals surface area (Å²) in [6.07, 6.45) is 0.0201. The van der Waals surface area contributed by atoms with Gasteiger partial charge in [0, 0.05) is 12.8 Å². The first-order valence-corrected chi connectivity index (χ1v) is 8.26. The van der Waals surface area contributed by atoms with E-state index in [0.717, 1.165) is 11.9 Å². The molecule has 0 radical (unpaired) electrons. The van der Waals surface area contributed by atoms with Gasteiger partial charge in [-0.1, -0.05) is 13.8 Å². The Morgan fingerprint density at radius 1 is 1.36 bits per heavy atom. The monoisotopic (exact) mass is 339 g/mol. The van der Waals surface area contributed by atoms with Crippen LogP contribution in [0.25, 0.3) is 0 Å². The summed E-state index contributed by atoms with van der Waals surface area (Å²) >= 11 is 0.808. The topological polar surface area (TPSA) is 75.6 Å². The number of halogens is 2. The van der Waals surface area contributed by atoms with Gasteiger partial charge in [-0.25, -0.2) is 13.6 Å². The van der Waals surface area contributed by atoms with Crippen LogP contribution in [0.4, 0.5) is 13.6 Å². The number of carbonyl (C=O) groups excluding carboxylic acids is 1. The first-order chi connectivity index (χ1) is 10.2. The Hall–Kier alpha value is -1.05. The van der Waals surface area contributed by atoms with Crippen LogP contribution in [-0.4, -0.2) is 34.9 Å². The molecular formula is C14H23F2NO4S. The molecular weight excluding hydrogens is 316 g/mol. The Morgan fingerprint density at radius 3 is 2.45 bits per heavy atom. The molecule has 0 aromatic heterocycles. The number of rotatable bonds is 7. The van der Waals surface area contributed by atoms with Crippen LogP contribution in [-0.2, 0) is 9.53 Å². The second-order valence-electron chi connectivity index (χ2n) is 6.07. The standard InChI is InChI=1S/C14H23F2NO4S/c1-9(2)7-11(12(18)19)22-17-13(20)21-8-10-3-5-14(15,16)6-4-10/h9-11H,3-8H2,1-2H3,(H,17,20)(H,18,19)/t11-/m0/s1. The number of aliphatic carboxylic acids is 1. The molecule has 1 aliphatic carbocycles. The van der Waals surface area contributed by atoms with Crippen LogP contribution in [0.2, 0.25) is 0 Å². The van der Waals surface area contributed by atoms with Gasteiger partial charge in [-0.15, -0.1) is 0 Å². The number of hydrogen-bond donors (Lipinski definition) is 2. The third-order valence-electron chi connectivity index (χ3n) is 3.53. The van der Waals surface area contributed by atoms with Gasteiger partial charge in [0.2, 0.25) is 5.92 Å². The molecule has 0 heterocycles. The van der Waals surface area contributed by atoms with Crippen LogP contribution < -0.4 is 4.72 Å². The molecule has 1 amide bonds. The summed E-state index contributed by atoms with van der Waals surface area (Å²) < 4.78 is 33.3. The van der Waals surface area contributed by atoms with Gasteiger partial charge in [0.1, 0.15) is 5.25 Å². The highest BCUT2D eigenvalue weighted by Crippen LogP contribution is 2.36. The minimum absolute atomic E-state index is 0.0543. The van der Waals surface area contributed by atoms with E-state index in [2.05, 4.69) is 4.72 Å². The number of hydrogen-bond acceptors (Lipinski definition) is 4. The smallest absolute Gasteiger partial charge is 0.417 e. The Kier molecular flexibility index (Phi) is 7.38. The molecule has 1 atom stereocenters. The zero-order valence-corrected chi connectivity index (χ0v) is 13.6. The summed E-state index contributed by atoms with van der Waals surface area (Å²) in [5.74, 6) is -3.45. The third kappa shape index (κ3) is 7.29. The summed E-state index contributed by atoms with van der Waals surface area (Å²) in [7, 11) is 0. The van der Waals surface area contributed by atoms with Crippen LogP contribution in [0.15, 0.2) is 0 Å². The van der Waals surface area contributed by atoms with Gasteiger partial charge in [-0.3, -0.25) is 9.52 Å². The summed E-state index contributed by atoms with van der Waals surface area (Å²) in [6, 6.07) is 0. The lowest BCUT2D eigenvalue weighted by Crippen LogP contribution is -2.30. The van der Waals surface area contributed by atoms with Gasteiger partial charge in [0.15, 0.2) is 0 Å². The molecule has 0 aromatic carbocycles. The molecule has 128 valence electrons. The summed E-state index contributed by atoms with van der Waals surface area (Å²) in [4.78, 5) is 22.6. The van der Waals surface area contributed by atoms with Gasteiger partial charge in [0.05, 0.1) is 6.61 Å². The van der Waals surface area contributed by atoms with Gasteiger partial charge in [-0.2, -0.15) is 0 Å². The largest absolute Gasteiger partial charge is 0.480 e. The van der Waals surface area contributed by atoms with Crippen LogP contribution in [0.1, 0.15) is 46.0 Å². The van der Waals surface area contributed by atoms with Gasteiger partial charge in [-0.05, 0) is 43.0 Å². The summed E-state index contributed by atoms with van der Waals surface area (Å²) in [5, 5.41) is 8.30. The maximum Gasteiger partial charge on any atom is 0.417 e.